The zero-order valence-corrected chi connectivity index (χ0v) is 11.2. The van der Waals surface area contributed by atoms with Crippen molar-refractivity contribution in [3.05, 3.63) is 70.8 Å². The number of carbonyl (C=O) groups excluding carboxylic acids is 1. The van der Waals surface area contributed by atoms with E-state index in [-0.39, 0.29) is 5.78 Å². The van der Waals surface area contributed by atoms with Gasteiger partial charge in [-0.2, -0.15) is 0 Å². The van der Waals surface area contributed by atoms with Crippen molar-refractivity contribution in [2.75, 3.05) is 6.54 Å². The van der Waals surface area contributed by atoms with E-state index in [2.05, 4.69) is 0 Å². The van der Waals surface area contributed by atoms with E-state index < -0.39 is 0 Å². The number of rotatable bonds is 5. The van der Waals surface area contributed by atoms with Crippen molar-refractivity contribution in [1.29, 1.82) is 0 Å². The van der Waals surface area contributed by atoms with Gasteiger partial charge in [0.2, 0.25) is 0 Å². The van der Waals surface area contributed by atoms with E-state index in [0.717, 1.165) is 29.5 Å². The number of hydrogen-bond acceptors (Lipinski definition) is 2. The first-order chi connectivity index (χ1) is 9.20. The molecule has 0 bridgehead atoms. The molecular formula is C17H19NO. The maximum Gasteiger partial charge on any atom is 0.193 e. The summed E-state index contributed by atoms with van der Waals surface area (Å²) >= 11 is 0. The lowest BCUT2D eigenvalue weighted by atomic mass is 10.00. The predicted octanol–water partition coefficient (Wildman–Crippen LogP) is 3.12. The van der Waals surface area contributed by atoms with Gasteiger partial charge < -0.3 is 5.73 Å². The fourth-order valence-corrected chi connectivity index (χ4v) is 2.00. The second-order valence-electron chi connectivity index (χ2n) is 4.78. The van der Waals surface area contributed by atoms with Gasteiger partial charge in [-0.15, -0.1) is 0 Å². The van der Waals surface area contributed by atoms with Crippen LogP contribution in [0.4, 0.5) is 0 Å². The van der Waals surface area contributed by atoms with Crippen LogP contribution < -0.4 is 5.73 Å². The summed E-state index contributed by atoms with van der Waals surface area (Å²) in [5, 5.41) is 0. The number of carbonyl (C=O) groups is 1. The summed E-state index contributed by atoms with van der Waals surface area (Å²) in [7, 11) is 0. The Hall–Kier alpha value is -1.93. The van der Waals surface area contributed by atoms with Crippen LogP contribution in [0.3, 0.4) is 0 Å². The van der Waals surface area contributed by atoms with Gasteiger partial charge in [0.15, 0.2) is 5.78 Å². The summed E-state index contributed by atoms with van der Waals surface area (Å²) in [5.74, 6) is 0.0744. The van der Waals surface area contributed by atoms with Crippen molar-refractivity contribution >= 4 is 5.78 Å². The Kier molecular flexibility index (Phi) is 4.48. The lowest BCUT2D eigenvalue weighted by Crippen LogP contribution is -2.02. The summed E-state index contributed by atoms with van der Waals surface area (Å²) in [6, 6.07) is 15.5. The molecule has 0 aliphatic heterocycles. The van der Waals surface area contributed by atoms with E-state index in [9.17, 15) is 4.79 Å². The molecule has 2 heteroatoms. The van der Waals surface area contributed by atoms with Crippen LogP contribution in [0, 0.1) is 6.92 Å². The lowest BCUT2D eigenvalue weighted by molar-refractivity contribution is 0.103. The first-order valence-electron chi connectivity index (χ1n) is 6.61. The second kappa shape index (κ2) is 6.30. The largest absolute Gasteiger partial charge is 0.330 e. The molecule has 2 N–H and O–H groups in total. The second-order valence-corrected chi connectivity index (χ2v) is 4.78. The van der Waals surface area contributed by atoms with Gasteiger partial charge in [0.05, 0.1) is 0 Å². The Bertz CT molecular complexity index is 540. The normalized spacial score (nSPS) is 10.4. The summed E-state index contributed by atoms with van der Waals surface area (Å²) < 4.78 is 0. The molecule has 0 fully saturated rings. The summed E-state index contributed by atoms with van der Waals surface area (Å²) in [4.78, 5) is 12.3. The van der Waals surface area contributed by atoms with Crippen LogP contribution in [0.2, 0.25) is 0 Å². The Morgan fingerprint density at radius 1 is 0.947 bits per heavy atom. The van der Waals surface area contributed by atoms with E-state index in [0.29, 0.717) is 6.54 Å². The Balaban J connectivity index is 2.13. The molecule has 0 unspecified atom stereocenters. The third-order valence-corrected chi connectivity index (χ3v) is 3.20. The number of nitrogens with two attached hydrogens (primary N) is 1. The molecule has 98 valence electrons. The smallest absolute Gasteiger partial charge is 0.193 e. The molecule has 2 rings (SSSR count). The average molecular weight is 253 g/mol. The Morgan fingerprint density at radius 2 is 1.47 bits per heavy atom. The fraction of sp³-hybridized carbons (Fsp3) is 0.235. The minimum absolute atomic E-state index is 0.0744. The van der Waals surface area contributed by atoms with Gasteiger partial charge in [-0.25, -0.2) is 0 Å². The van der Waals surface area contributed by atoms with Gasteiger partial charge in [0.25, 0.3) is 0 Å². The molecule has 0 aliphatic carbocycles. The van der Waals surface area contributed by atoms with E-state index in [1.54, 1.807) is 0 Å². The molecule has 0 heterocycles. The summed E-state index contributed by atoms with van der Waals surface area (Å²) in [6.07, 6.45) is 1.95. The maximum absolute atomic E-state index is 12.3. The number of ketones is 1. The molecule has 0 spiro atoms. The van der Waals surface area contributed by atoms with Crippen molar-refractivity contribution in [3.8, 4) is 0 Å². The highest BCUT2D eigenvalue weighted by Gasteiger charge is 2.08. The van der Waals surface area contributed by atoms with Gasteiger partial charge in [-0.1, -0.05) is 54.1 Å². The molecule has 0 saturated heterocycles. The van der Waals surface area contributed by atoms with E-state index in [4.69, 9.17) is 5.73 Å². The molecule has 0 radical (unpaired) electrons. The molecular weight excluding hydrogens is 234 g/mol. The minimum Gasteiger partial charge on any atom is -0.330 e. The monoisotopic (exact) mass is 253 g/mol. The molecule has 19 heavy (non-hydrogen) atoms. The highest BCUT2D eigenvalue weighted by Crippen LogP contribution is 2.13. The van der Waals surface area contributed by atoms with Crippen molar-refractivity contribution in [2.45, 2.75) is 19.8 Å². The van der Waals surface area contributed by atoms with Gasteiger partial charge in [-0.05, 0) is 31.9 Å². The fourth-order valence-electron chi connectivity index (χ4n) is 2.00. The van der Waals surface area contributed by atoms with Crippen LogP contribution in [-0.2, 0) is 6.42 Å². The Morgan fingerprint density at radius 3 is 2.00 bits per heavy atom. The van der Waals surface area contributed by atoms with Crippen molar-refractivity contribution in [3.63, 3.8) is 0 Å². The molecule has 0 aliphatic rings. The van der Waals surface area contributed by atoms with Crippen molar-refractivity contribution in [1.82, 2.24) is 0 Å². The number of hydrogen-bond donors (Lipinski definition) is 1. The molecule has 0 amide bonds. The summed E-state index contributed by atoms with van der Waals surface area (Å²) in [5.41, 5.74) is 9.35. The van der Waals surface area contributed by atoms with Gasteiger partial charge in [0.1, 0.15) is 0 Å². The summed E-state index contributed by atoms with van der Waals surface area (Å²) in [6.45, 7) is 2.71. The molecule has 2 aromatic carbocycles. The number of benzene rings is 2. The van der Waals surface area contributed by atoms with Crippen LogP contribution in [0.15, 0.2) is 48.5 Å². The van der Waals surface area contributed by atoms with Gasteiger partial charge in [-0.3, -0.25) is 4.79 Å². The van der Waals surface area contributed by atoms with Crippen LogP contribution >= 0.6 is 0 Å². The van der Waals surface area contributed by atoms with Crippen molar-refractivity contribution in [2.24, 2.45) is 5.73 Å². The molecule has 2 nitrogen and oxygen atoms in total. The third kappa shape index (κ3) is 3.52. The highest BCUT2D eigenvalue weighted by molar-refractivity contribution is 6.08. The number of aryl methyl sites for hydroxylation is 2. The molecule has 2 aromatic rings. The van der Waals surface area contributed by atoms with Crippen molar-refractivity contribution < 1.29 is 4.79 Å². The molecule has 0 aromatic heterocycles. The lowest BCUT2D eigenvalue weighted by Gasteiger charge is -2.04. The first kappa shape index (κ1) is 13.5. The molecule has 0 atom stereocenters. The standard InChI is InChI=1S/C17H19NO/c1-13-4-8-15(9-5-13)17(19)16-10-6-14(7-11-16)3-2-12-18/h4-11H,2-3,12,18H2,1H3. The first-order valence-corrected chi connectivity index (χ1v) is 6.61. The van der Waals surface area contributed by atoms with Gasteiger partial charge >= 0.3 is 0 Å². The quantitative estimate of drug-likeness (QED) is 0.832. The zero-order valence-electron chi connectivity index (χ0n) is 11.2. The third-order valence-electron chi connectivity index (χ3n) is 3.20. The maximum atomic E-state index is 12.3. The SMILES string of the molecule is Cc1ccc(C(=O)c2ccc(CCCN)cc2)cc1. The van der Waals surface area contributed by atoms with Gasteiger partial charge in [0, 0.05) is 11.1 Å². The molecule has 0 saturated carbocycles. The van der Waals surface area contributed by atoms with E-state index in [1.165, 1.54) is 5.56 Å². The van der Waals surface area contributed by atoms with E-state index in [1.807, 2.05) is 55.5 Å². The van der Waals surface area contributed by atoms with Crippen LogP contribution in [0.5, 0.6) is 0 Å². The minimum atomic E-state index is 0.0744. The van der Waals surface area contributed by atoms with Crippen LogP contribution in [0.1, 0.15) is 33.5 Å². The predicted molar refractivity (Wildman–Crippen MR) is 78.4 cm³/mol. The topological polar surface area (TPSA) is 43.1 Å². The van der Waals surface area contributed by atoms with Crippen LogP contribution in [-0.4, -0.2) is 12.3 Å². The van der Waals surface area contributed by atoms with E-state index >= 15 is 0 Å². The highest BCUT2D eigenvalue weighted by atomic mass is 16.1. The zero-order chi connectivity index (χ0) is 13.7. The Labute approximate surface area is 114 Å². The average Bonchev–Trinajstić information content (AvgIpc) is 2.46. The van der Waals surface area contributed by atoms with Crippen LogP contribution in [0.25, 0.3) is 0 Å².